The first-order chi connectivity index (χ1) is 5.11. The van der Waals surface area contributed by atoms with E-state index in [1.54, 1.807) is 4.90 Å². The molecular weight excluding hydrogens is 164 g/mol. The van der Waals surface area contributed by atoms with Crippen molar-refractivity contribution >= 4 is 16.9 Å². The lowest BCUT2D eigenvalue weighted by molar-refractivity contribution is -0.128. The van der Waals surface area contributed by atoms with E-state index in [9.17, 15) is 9.00 Å². The number of nitrogens with two attached hydrogens (primary N) is 1. The molecule has 0 aliphatic carbocycles. The van der Waals surface area contributed by atoms with E-state index in [1.807, 2.05) is 13.8 Å². The fraction of sp³-hybridized carbons (Fsp3) is 0.833. The Morgan fingerprint density at radius 1 is 1.45 bits per heavy atom. The lowest BCUT2D eigenvalue weighted by atomic mass is 10.5. The Bertz CT molecular complexity index is 157. The van der Waals surface area contributed by atoms with Crippen molar-refractivity contribution < 1.29 is 9.00 Å². The maximum Gasteiger partial charge on any atom is 0.236 e. The van der Waals surface area contributed by atoms with E-state index in [2.05, 4.69) is 0 Å². The first-order valence-electron chi connectivity index (χ1n) is 3.52. The van der Waals surface area contributed by atoms with Crippen LogP contribution in [0.3, 0.4) is 0 Å². The molecule has 0 radical (unpaired) electrons. The van der Waals surface area contributed by atoms with E-state index < -0.39 is 11.0 Å². The summed E-state index contributed by atoms with van der Waals surface area (Å²) < 4.78 is 10.4. The van der Waals surface area contributed by atoms with Crippen molar-refractivity contribution in [2.24, 2.45) is 5.14 Å². The molecule has 0 aromatic carbocycles. The van der Waals surface area contributed by atoms with Crippen LogP contribution in [-0.2, 0) is 15.8 Å². The maximum atomic E-state index is 11.1. The van der Waals surface area contributed by atoms with Gasteiger partial charge in [-0.1, -0.05) is 0 Å². The van der Waals surface area contributed by atoms with E-state index in [4.69, 9.17) is 5.14 Å². The Labute approximate surface area is 69.3 Å². The predicted octanol–water partition coefficient (Wildman–Crippen LogP) is -0.523. The number of hydrogen-bond donors (Lipinski definition) is 1. The number of nitrogens with zero attached hydrogens (tertiary/aromatic N) is 1. The molecule has 11 heavy (non-hydrogen) atoms. The highest BCUT2D eigenvalue weighted by molar-refractivity contribution is 7.83. The van der Waals surface area contributed by atoms with Gasteiger partial charge in [-0.15, -0.1) is 0 Å². The van der Waals surface area contributed by atoms with Crippen LogP contribution in [0.2, 0.25) is 0 Å². The fourth-order valence-electron chi connectivity index (χ4n) is 0.789. The molecule has 1 unspecified atom stereocenters. The second-order valence-electron chi connectivity index (χ2n) is 2.09. The maximum absolute atomic E-state index is 11.1. The minimum atomic E-state index is -1.51. The molecular formula is C6H14N2O2S. The Balaban J connectivity index is 3.89. The third kappa shape index (κ3) is 4.10. The van der Waals surface area contributed by atoms with Gasteiger partial charge >= 0.3 is 0 Å². The molecule has 1 amide bonds. The van der Waals surface area contributed by atoms with Crippen LogP contribution in [0, 0.1) is 0 Å². The van der Waals surface area contributed by atoms with Gasteiger partial charge in [-0.05, 0) is 13.8 Å². The van der Waals surface area contributed by atoms with Crippen molar-refractivity contribution in [1.29, 1.82) is 0 Å². The van der Waals surface area contributed by atoms with Crippen LogP contribution in [0.5, 0.6) is 0 Å². The molecule has 0 aromatic rings. The summed E-state index contributed by atoms with van der Waals surface area (Å²) in [5.74, 6) is -0.211. The lowest BCUT2D eigenvalue weighted by Crippen LogP contribution is -2.35. The van der Waals surface area contributed by atoms with Crippen LogP contribution >= 0.6 is 0 Å². The second kappa shape index (κ2) is 5.26. The summed E-state index contributed by atoms with van der Waals surface area (Å²) in [4.78, 5) is 12.7. The largest absolute Gasteiger partial charge is 0.342 e. The van der Waals surface area contributed by atoms with Gasteiger partial charge in [0, 0.05) is 13.1 Å². The molecule has 66 valence electrons. The summed E-state index contributed by atoms with van der Waals surface area (Å²) in [6.45, 7) is 5.04. The first-order valence-corrected chi connectivity index (χ1v) is 4.90. The molecule has 2 N–H and O–H groups in total. The Hall–Kier alpha value is -0.420. The fourth-order valence-corrected chi connectivity index (χ4v) is 1.22. The van der Waals surface area contributed by atoms with Crippen LogP contribution in [0.15, 0.2) is 0 Å². The molecule has 0 spiro atoms. The van der Waals surface area contributed by atoms with Gasteiger partial charge in [0.25, 0.3) is 0 Å². The molecule has 1 atom stereocenters. The first kappa shape index (κ1) is 10.6. The summed E-state index contributed by atoms with van der Waals surface area (Å²) in [5, 5.41) is 4.97. The quantitative estimate of drug-likeness (QED) is 0.629. The molecule has 0 aromatic heterocycles. The Kier molecular flexibility index (Phi) is 5.06. The SMILES string of the molecule is CCN(CC)C(=O)CS(N)=O. The number of rotatable bonds is 4. The minimum absolute atomic E-state index is 0.0678. The molecule has 5 heteroatoms. The van der Waals surface area contributed by atoms with Gasteiger partial charge in [0.2, 0.25) is 5.91 Å². The van der Waals surface area contributed by atoms with Crippen molar-refractivity contribution in [3.63, 3.8) is 0 Å². The molecule has 0 aliphatic heterocycles. The number of hydrogen-bond acceptors (Lipinski definition) is 2. The van der Waals surface area contributed by atoms with Crippen LogP contribution in [0.25, 0.3) is 0 Å². The summed E-state index contributed by atoms with van der Waals surface area (Å²) in [5.41, 5.74) is 0. The van der Waals surface area contributed by atoms with Gasteiger partial charge in [-0.3, -0.25) is 9.93 Å². The predicted molar refractivity (Wildman–Crippen MR) is 45.1 cm³/mol. The van der Waals surface area contributed by atoms with Crippen LogP contribution in [0.4, 0.5) is 0 Å². The highest BCUT2D eigenvalue weighted by Gasteiger charge is 2.10. The summed E-state index contributed by atoms with van der Waals surface area (Å²) in [7, 11) is -1.51. The molecule has 0 saturated heterocycles. The minimum Gasteiger partial charge on any atom is -0.342 e. The van der Waals surface area contributed by atoms with E-state index in [-0.39, 0.29) is 11.7 Å². The summed E-state index contributed by atoms with van der Waals surface area (Å²) in [6, 6.07) is 0. The number of carbonyl (C=O) groups is 1. The topological polar surface area (TPSA) is 63.4 Å². The van der Waals surface area contributed by atoms with Crippen molar-refractivity contribution in [3.8, 4) is 0 Å². The summed E-state index contributed by atoms with van der Waals surface area (Å²) >= 11 is 0. The Morgan fingerprint density at radius 2 is 1.91 bits per heavy atom. The highest BCUT2D eigenvalue weighted by Crippen LogP contribution is 1.88. The lowest BCUT2D eigenvalue weighted by Gasteiger charge is -2.17. The molecule has 0 fully saturated rings. The number of amides is 1. The molecule has 0 saturated carbocycles. The third-order valence-electron chi connectivity index (χ3n) is 1.38. The molecule has 4 nitrogen and oxygen atoms in total. The van der Waals surface area contributed by atoms with Crippen LogP contribution in [0.1, 0.15) is 13.8 Å². The van der Waals surface area contributed by atoms with E-state index in [0.29, 0.717) is 13.1 Å². The van der Waals surface area contributed by atoms with Crippen molar-refractivity contribution in [1.82, 2.24) is 4.90 Å². The summed E-state index contributed by atoms with van der Waals surface area (Å²) in [6.07, 6.45) is 0. The van der Waals surface area contributed by atoms with Gasteiger partial charge in [0.05, 0.1) is 11.0 Å². The molecule has 0 bridgehead atoms. The third-order valence-corrected chi connectivity index (χ3v) is 1.91. The normalized spacial score (nSPS) is 12.6. The van der Waals surface area contributed by atoms with Crippen molar-refractivity contribution in [2.75, 3.05) is 18.8 Å². The van der Waals surface area contributed by atoms with Gasteiger partial charge in [-0.25, -0.2) is 4.21 Å². The standard InChI is InChI=1S/C6H14N2O2S/c1-3-8(4-2)6(9)5-11(7)10/h3-5,7H2,1-2H3. The average Bonchev–Trinajstić information content (AvgIpc) is 1.88. The van der Waals surface area contributed by atoms with E-state index in [0.717, 1.165) is 0 Å². The number of carbonyl (C=O) groups excluding carboxylic acids is 1. The van der Waals surface area contributed by atoms with Gasteiger partial charge in [-0.2, -0.15) is 0 Å². The zero-order valence-electron chi connectivity index (χ0n) is 6.87. The van der Waals surface area contributed by atoms with Crippen LogP contribution in [-0.4, -0.2) is 33.9 Å². The molecule has 0 rings (SSSR count). The zero-order valence-corrected chi connectivity index (χ0v) is 7.69. The Morgan fingerprint density at radius 3 is 2.18 bits per heavy atom. The highest BCUT2D eigenvalue weighted by atomic mass is 32.2. The van der Waals surface area contributed by atoms with Crippen molar-refractivity contribution in [3.05, 3.63) is 0 Å². The van der Waals surface area contributed by atoms with E-state index in [1.165, 1.54) is 0 Å². The monoisotopic (exact) mass is 178 g/mol. The zero-order chi connectivity index (χ0) is 8.85. The van der Waals surface area contributed by atoms with Gasteiger partial charge in [0.15, 0.2) is 0 Å². The van der Waals surface area contributed by atoms with Crippen molar-refractivity contribution in [2.45, 2.75) is 13.8 Å². The van der Waals surface area contributed by atoms with E-state index >= 15 is 0 Å². The molecule has 0 heterocycles. The average molecular weight is 178 g/mol. The van der Waals surface area contributed by atoms with Gasteiger partial charge < -0.3 is 4.90 Å². The molecule has 0 aliphatic rings. The second-order valence-corrected chi connectivity index (χ2v) is 3.14. The smallest absolute Gasteiger partial charge is 0.236 e. The van der Waals surface area contributed by atoms with Crippen LogP contribution < -0.4 is 5.14 Å². The van der Waals surface area contributed by atoms with Gasteiger partial charge in [0.1, 0.15) is 5.75 Å².